The van der Waals surface area contributed by atoms with Crippen molar-refractivity contribution in [3.8, 4) is 0 Å². The fourth-order valence-corrected chi connectivity index (χ4v) is 5.36. The van der Waals surface area contributed by atoms with E-state index in [1.54, 1.807) is 18.2 Å². The van der Waals surface area contributed by atoms with E-state index in [0.29, 0.717) is 25.7 Å². The Kier molecular flexibility index (Phi) is 13.8. The molecule has 2 aromatic rings. The molecule has 44 heavy (non-hydrogen) atoms. The SMILES string of the molecule is C=CCC(CC(=O)NC1(CO)CCCC1)C(=O)NC(COC(=O)C(CC=C)Cc1ccccc1)C(=O)OCc1ccccc1. The maximum absolute atomic E-state index is 13.4. The van der Waals surface area contributed by atoms with Gasteiger partial charge in [0.2, 0.25) is 11.8 Å². The first-order valence-electron chi connectivity index (χ1n) is 15.1. The molecule has 0 heterocycles. The number of ether oxygens (including phenoxy) is 2. The molecule has 0 bridgehead atoms. The molecular weight excluding hydrogens is 560 g/mol. The van der Waals surface area contributed by atoms with E-state index < -0.39 is 47.9 Å². The molecule has 2 amide bonds. The van der Waals surface area contributed by atoms with Crippen LogP contribution in [0.4, 0.5) is 0 Å². The first-order chi connectivity index (χ1) is 21.3. The van der Waals surface area contributed by atoms with Crippen molar-refractivity contribution < 1.29 is 33.8 Å². The highest BCUT2D eigenvalue weighted by molar-refractivity contribution is 5.89. The quantitative estimate of drug-likeness (QED) is 0.172. The van der Waals surface area contributed by atoms with Crippen molar-refractivity contribution in [1.82, 2.24) is 10.6 Å². The van der Waals surface area contributed by atoms with Crippen molar-refractivity contribution in [3.05, 3.63) is 97.1 Å². The van der Waals surface area contributed by atoms with Crippen molar-refractivity contribution in [2.75, 3.05) is 13.2 Å². The molecular formula is C35H44N2O7. The van der Waals surface area contributed by atoms with Crippen LogP contribution in [-0.2, 0) is 41.7 Å². The second kappa shape index (κ2) is 17.8. The van der Waals surface area contributed by atoms with Crippen LogP contribution in [0.5, 0.6) is 0 Å². The first-order valence-corrected chi connectivity index (χ1v) is 15.1. The zero-order chi connectivity index (χ0) is 31.8. The lowest BCUT2D eigenvalue weighted by Gasteiger charge is -2.29. The number of hydrogen-bond acceptors (Lipinski definition) is 7. The van der Waals surface area contributed by atoms with Crippen LogP contribution >= 0.6 is 0 Å². The summed E-state index contributed by atoms with van der Waals surface area (Å²) in [5.74, 6) is -3.61. The van der Waals surface area contributed by atoms with E-state index in [2.05, 4.69) is 23.8 Å². The van der Waals surface area contributed by atoms with E-state index in [9.17, 15) is 24.3 Å². The van der Waals surface area contributed by atoms with E-state index in [-0.39, 0.29) is 32.0 Å². The Hall–Kier alpha value is -4.24. The number of aliphatic hydroxyl groups excluding tert-OH is 1. The Morgan fingerprint density at radius 2 is 1.43 bits per heavy atom. The molecule has 0 aromatic heterocycles. The molecule has 3 N–H and O–H groups in total. The predicted molar refractivity (Wildman–Crippen MR) is 167 cm³/mol. The highest BCUT2D eigenvalue weighted by Gasteiger charge is 2.36. The summed E-state index contributed by atoms with van der Waals surface area (Å²) in [4.78, 5) is 52.7. The van der Waals surface area contributed by atoms with Crippen LogP contribution in [0.25, 0.3) is 0 Å². The summed E-state index contributed by atoms with van der Waals surface area (Å²) in [5, 5.41) is 15.4. The second-order valence-corrected chi connectivity index (χ2v) is 11.3. The number of carbonyl (C=O) groups excluding carboxylic acids is 4. The van der Waals surface area contributed by atoms with E-state index >= 15 is 0 Å². The summed E-state index contributed by atoms with van der Waals surface area (Å²) < 4.78 is 11.0. The highest BCUT2D eigenvalue weighted by Crippen LogP contribution is 2.29. The summed E-state index contributed by atoms with van der Waals surface area (Å²) in [6.07, 6.45) is 7.13. The number of aliphatic hydroxyl groups is 1. The number of amides is 2. The number of rotatable bonds is 18. The van der Waals surface area contributed by atoms with Gasteiger partial charge < -0.3 is 25.2 Å². The van der Waals surface area contributed by atoms with Crippen LogP contribution in [0.2, 0.25) is 0 Å². The molecule has 0 saturated heterocycles. The minimum atomic E-state index is -1.30. The number of benzene rings is 2. The third-order valence-electron chi connectivity index (χ3n) is 7.85. The fourth-order valence-electron chi connectivity index (χ4n) is 5.36. The van der Waals surface area contributed by atoms with E-state index in [4.69, 9.17) is 9.47 Å². The lowest BCUT2D eigenvalue weighted by molar-refractivity contribution is -0.157. The van der Waals surface area contributed by atoms with Gasteiger partial charge in [-0.1, -0.05) is 85.7 Å². The molecule has 2 aromatic carbocycles. The van der Waals surface area contributed by atoms with Crippen LogP contribution in [-0.4, -0.2) is 53.7 Å². The molecule has 0 aliphatic heterocycles. The maximum Gasteiger partial charge on any atom is 0.332 e. The predicted octanol–water partition coefficient (Wildman–Crippen LogP) is 4.20. The molecule has 1 aliphatic carbocycles. The van der Waals surface area contributed by atoms with Gasteiger partial charge in [-0.15, -0.1) is 13.2 Å². The third kappa shape index (κ3) is 10.8. The standard InChI is InChI=1S/C35H44N2O7/c1-3-13-28(22-31(39)37-35(25-38)19-11-12-20-35)32(40)36-30(34(42)43-23-27-17-9-6-10-18-27)24-44-33(41)29(14-4-2)21-26-15-7-5-8-16-26/h3-10,15-18,28-30,38H,1-2,11-14,19-25H2,(H,36,40)(H,37,39). The van der Waals surface area contributed by atoms with Crippen molar-refractivity contribution in [2.24, 2.45) is 11.8 Å². The van der Waals surface area contributed by atoms with Crippen molar-refractivity contribution in [2.45, 2.75) is 69.6 Å². The summed E-state index contributed by atoms with van der Waals surface area (Å²) in [7, 11) is 0. The maximum atomic E-state index is 13.4. The normalized spacial score (nSPS) is 15.7. The third-order valence-corrected chi connectivity index (χ3v) is 7.85. The van der Waals surface area contributed by atoms with Gasteiger partial charge in [-0.3, -0.25) is 14.4 Å². The number of carbonyl (C=O) groups is 4. The van der Waals surface area contributed by atoms with Gasteiger partial charge >= 0.3 is 11.9 Å². The van der Waals surface area contributed by atoms with Gasteiger partial charge in [-0.25, -0.2) is 4.79 Å². The number of allylic oxidation sites excluding steroid dienone is 2. The largest absolute Gasteiger partial charge is 0.463 e. The Bertz CT molecular complexity index is 1240. The number of nitrogens with one attached hydrogen (secondary N) is 2. The lowest BCUT2D eigenvalue weighted by atomic mass is 9.95. The zero-order valence-electron chi connectivity index (χ0n) is 25.2. The zero-order valence-corrected chi connectivity index (χ0v) is 25.2. The van der Waals surface area contributed by atoms with Gasteiger partial charge in [0.15, 0.2) is 6.04 Å². The van der Waals surface area contributed by atoms with E-state index in [0.717, 1.165) is 24.0 Å². The summed E-state index contributed by atoms with van der Waals surface area (Å²) in [6, 6.07) is 17.3. The van der Waals surface area contributed by atoms with Gasteiger partial charge in [0.25, 0.3) is 0 Å². The average Bonchev–Trinajstić information content (AvgIpc) is 3.50. The smallest absolute Gasteiger partial charge is 0.332 e. The Morgan fingerprint density at radius 1 is 0.841 bits per heavy atom. The van der Waals surface area contributed by atoms with Gasteiger partial charge in [0.1, 0.15) is 13.2 Å². The van der Waals surface area contributed by atoms with Crippen LogP contribution in [0.1, 0.15) is 56.1 Å². The molecule has 1 fully saturated rings. The monoisotopic (exact) mass is 604 g/mol. The summed E-state index contributed by atoms with van der Waals surface area (Å²) in [5.41, 5.74) is 1.03. The van der Waals surface area contributed by atoms with Crippen LogP contribution in [0.15, 0.2) is 86.0 Å². The lowest BCUT2D eigenvalue weighted by Crippen LogP contribution is -2.51. The van der Waals surface area contributed by atoms with Gasteiger partial charge in [-0.05, 0) is 43.2 Å². The Morgan fingerprint density at radius 3 is 2.02 bits per heavy atom. The molecule has 0 radical (unpaired) electrons. The molecule has 236 valence electrons. The van der Waals surface area contributed by atoms with Crippen LogP contribution in [0, 0.1) is 11.8 Å². The molecule has 3 unspecified atom stereocenters. The van der Waals surface area contributed by atoms with Crippen molar-refractivity contribution in [3.63, 3.8) is 0 Å². The average molecular weight is 605 g/mol. The fraction of sp³-hybridized carbons (Fsp3) is 0.429. The van der Waals surface area contributed by atoms with E-state index in [1.165, 1.54) is 6.08 Å². The molecule has 1 saturated carbocycles. The molecule has 9 nitrogen and oxygen atoms in total. The van der Waals surface area contributed by atoms with Crippen LogP contribution < -0.4 is 10.6 Å². The minimum Gasteiger partial charge on any atom is -0.463 e. The van der Waals surface area contributed by atoms with Crippen molar-refractivity contribution in [1.29, 1.82) is 0 Å². The Labute approximate surface area is 259 Å². The molecule has 1 aliphatic rings. The van der Waals surface area contributed by atoms with E-state index in [1.807, 2.05) is 48.5 Å². The summed E-state index contributed by atoms with van der Waals surface area (Å²) >= 11 is 0. The molecule has 9 heteroatoms. The highest BCUT2D eigenvalue weighted by atomic mass is 16.6. The van der Waals surface area contributed by atoms with Crippen LogP contribution in [0.3, 0.4) is 0 Å². The first kappa shape index (κ1) is 34.3. The summed E-state index contributed by atoms with van der Waals surface area (Å²) in [6.45, 7) is 6.81. The van der Waals surface area contributed by atoms with Gasteiger partial charge in [0.05, 0.1) is 24.0 Å². The molecule has 3 atom stereocenters. The van der Waals surface area contributed by atoms with Gasteiger partial charge in [-0.2, -0.15) is 0 Å². The molecule has 3 rings (SSSR count). The van der Waals surface area contributed by atoms with Gasteiger partial charge in [0, 0.05) is 6.42 Å². The minimum absolute atomic E-state index is 0.0329. The second-order valence-electron chi connectivity index (χ2n) is 11.3. The molecule has 0 spiro atoms. The number of hydrogen-bond donors (Lipinski definition) is 3. The van der Waals surface area contributed by atoms with Crippen molar-refractivity contribution >= 4 is 23.8 Å². The number of esters is 2. The Balaban J connectivity index is 1.70. The topological polar surface area (TPSA) is 131 Å².